The van der Waals surface area contributed by atoms with Crippen LogP contribution in [0.3, 0.4) is 0 Å². The highest BCUT2D eigenvalue weighted by Gasteiger charge is 2.44. The molecule has 0 saturated carbocycles. The Morgan fingerprint density at radius 3 is 2.90 bits per heavy atom. The summed E-state index contributed by atoms with van der Waals surface area (Å²) < 4.78 is 16.8. The zero-order valence-corrected chi connectivity index (χ0v) is 14.5. The lowest BCUT2D eigenvalue weighted by Crippen LogP contribution is -2.31. The molecular formula is C14H15BrCl2O4. The predicted molar refractivity (Wildman–Crippen MR) is 84.0 cm³/mol. The van der Waals surface area contributed by atoms with Crippen LogP contribution in [0.25, 0.3) is 0 Å². The Kier molecular flexibility index (Phi) is 5.91. The van der Waals surface area contributed by atoms with E-state index in [4.69, 9.17) is 37.4 Å². The van der Waals surface area contributed by atoms with Crippen molar-refractivity contribution in [2.24, 2.45) is 0 Å². The molecule has 2 rings (SSSR count). The number of rotatable bonds is 5. The molecule has 1 heterocycles. The van der Waals surface area contributed by atoms with Crippen LogP contribution in [0, 0.1) is 0 Å². The monoisotopic (exact) mass is 396 g/mol. The minimum absolute atomic E-state index is 0.159. The lowest BCUT2D eigenvalue weighted by Gasteiger charge is -2.27. The van der Waals surface area contributed by atoms with Gasteiger partial charge in [-0.15, -0.1) is 0 Å². The van der Waals surface area contributed by atoms with E-state index in [2.05, 4.69) is 15.9 Å². The van der Waals surface area contributed by atoms with Crippen molar-refractivity contribution in [2.45, 2.75) is 25.2 Å². The molecule has 1 aromatic rings. The third-order valence-electron chi connectivity index (χ3n) is 3.10. The first-order valence-corrected chi connectivity index (χ1v) is 8.37. The molecule has 0 spiro atoms. The minimum atomic E-state index is -0.995. The molecule has 116 valence electrons. The van der Waals surface area contributed by atoms with Crippen molar-refractivity contribution < 1.29 is 19.0 Å². The van der Waals surface area contributed by atoms with Gasteiger partial charge in [0.1, 0.15) is 12.7 Å². The number of hydrogen-bond acceptors (Lipinski definition) is 4. The fourth-order valence-electron chi connectivity index (χ4n) is 2.02. The Bertz CT molecular complexity index is 526. The SMILES string of the molecule is CCC(=O)OCC1COC(CBr)(c2ccc(Cl)cc2Cl)O1. The molecule has 0 bridgehead atoms. The maximum Gasteiger partial charge on any atom is 0.305 e. The summed E-state index contributed by atoms with van der Waals surface area (Å²) in [6.45, 7) is 2.22. The standard InChI is InChI=1S/C14H15BrCl2O4/c1-2-13(18)19-6-10-7-20-14(8-15,21-10)11-4-3-9(16)5-12(11)17/h3-5,10H,2,6-8H2,1H3. The van der Waals surface area contributed by atoms with Gasteiger partial charge in [-0.2, -0.15) is 0 Å². The molecule has 7 heteroatoms. The number of hydrogen-bond donors (Lipinski definition) is 0. The highest BCUT2D eigenvalue weighted by molar-refractivity contribution is 9.09. The van der Waals surface area contributed by atoms with E-state index in [1.165, 1.54) is 0 Å². The van der Waals surface area contributed by atoms with Gasteiger partial charge < -0.3 is 14.2 Å². The smallest absolute Gasteiger partial charge is 0.305 e. The second-order valence-electron chi connectivity index (χ2n) is 4.60. The number of ether oxygens (including phenoxy) is 3. The van der Waals surface area contributed by atoms with E-state index >= 15 is 0 Å². The van der Waals surface area contributed by atoms with E-state index in [0.29, 0.717) is 34.0 Å². The molecule has 2 unspecified atom stereocenters. The number of carbonyl (C=O) groups excluding carboxylic acids is 1. The third-order valence-corrected chi connectivity index (χ3v) is 4.38. The molecule has 0 radical (unpaired) electrons. The average molecular weight is 398 g/mol. The van der Waals surface area contributed by atoms with Crippen LogP contribution in [0.5, 0.6) is 0 Å². The number of carbonyl (C=O) groups is 1. The van der Waals surface area contributed by atoms with E-state index in [9.17, 15) is 4.79 Å². The van der Waals surface area contributed by atoms with Crippen molar-refractivity contribution in [3.63, 3.8) is 0 Å². The van der Waals surface area contributed by atoms with Crippen molar-refractivity contribution in [3.8, 4) is 0 Å². The summed E-state index contributed by atoms with van der Waals surface area (Å²) in [4.78, 5) is 11.2. The minimum Gasteiger partial charge on any atom is -0.463 e. The molecule has 1 aliphatic heterocycles. The number of esters is 1. The fourth-order valence-corrected chi connectivity index (χ4v) is 3.17. The van der Waals surface area contributed by atoms with Crippen molar-refractivity contribution in [3.05, 3.63) is 33.8 Å². The van der Waals surface area contributed by atoms with E-state index in [1.54, 1.807) is 25.1 Å². The van der Waals surface area contributed by atoms with Crippen LogP contribution in [-0.4, -0.2) is 30.6 Å². The number of alkyl halides is 1. The Morgan fingerprint density at radius 1 is 1.52 bits per heavy atom. The lowest BCUT2D eigenvalue weighted by atomic mass is 10.1. The van der Waals surface area contributed by atoms with Crippen LogP contribution in [0.1, 0.15) is 18.9 Å². The quantitative estimate of drug-likeness (QED) is 0.558. The predicted octanol–water partition coefficient (Wildman–Crippen LogP) is 3.91. The largest absolute Gasteiger partial charge is 0.463 e. The summed E-state index contributed by atoms with van der Waals surface area (Å²) in [5.74, 6) is -1.26. The maximum absolute atomic E-state index is 11.2. The van der Waals surface area contributed by atoms with E-state index < -0.39 is 5.79 Å². The molecule has 21 heavy (non-hydrogen) atoms. The van der Waals surface area contributed by atoms with Gasteiger partial charge in [0.05, 0.1) is 17.0 Å². The normalized spacial score (nSPS) is 25.0. The zero-order valence-electron chi connectivity index (χ0n) is 11.4. The van der Waals surface area contributed by atoms with E-state index in [0.717, 1.165) is 0 Å². The van der Waals surface area contributed by atoms with Crippen molar-refractivity contribution >= 4 is 45.1 Å². The van der Waals surface area contributed by atoms with Crippen molar-refractivity contribution in [2.75, 3.05) is 18.5 Å². The third kappa shape index (κ3) is 3.90. The second kappa shape index (κ2) is 7.29. The molecule has 4 nitrogen and oxygen atoms in total. The Labute approximate surface area is 141 Å². The first-order chi connectivity index (χ1) is 10.0. The molecule has 0 amide bonds. The average Bonchev–Trinajstić information content (AvgIpc) is 2.89. The summed E-state index contributed by atoms with van der Waals surface area (Å²) >= 11 is 15.5. The van der Waals surface area contributed by atoms with Gasteiger partial charge >= 0.3 is 5.97 Å². The number of halogens is 3. The molecular weight excluding hydrogens is 383 g/mol. The fraction of sp³-hybridized carbons (Fsp3) is 0.500. The summed E-state index contributed by atoms with van der Waals surface area (Å²) in [6, 6.07) is 5.14. The Morgan fingerprint density at radius 2 is 2.29 bits per heavy atom. The van der Waals surface area contributed by atoms with Crippen LogP contribution < -0.4 is 0 Å². The zero-order chi connectivity index (χ0) is 15.5. The van der Waals surface area contributed by atoms with E-state index in [-0.39, 0.29) is 18.7 Å². The molecule has 1 aliphatic rings. The van der Waals surface area contributed by atoms with Crippen molar-refractivity contribution in [1.82, 2.24) is 0 Å². The van der Waals surface area contributed by atoms with Crippen LogP contribution in [0.2, 0.25) is 10.0 Å². The molecule has 1 aromatic carbocycles. The summed E-state index contributed by atoms with van der Waals surface area (Å²) in [5.41, 5.74) is 0.690. The summed E-state index contributed by atoms with van der Waals surface area (Å²) in [5, 5.41) is 1.41. The van der Waals surface area contributed by atoms with Crippen LogP contribution in [-0.2, 0) is 24.8 Å². The number of benzene rings is 1. The molecule has 0 N–H and O–H groups in total. The second-order valence-corrected chi connectivity index (χ2v) is 6.00. The van der Waals surface area contributed by atoms with Crippen molar-refractivity contribution in [1.29, 1.82) is 0 Å². The molecule has 1 fully saturated rings. The summed E-state index contributed by atoms with van der Waals surface area (Å²) in [7, 11) is 0. The van der Waals surface area contributed by atoms with Gasteiger partial charge in [0.2, 0.25) is 5.79 Å². The van der Waals surface area contributed by atoms with Gasteiger partial charge in [-0.05, 0) is 12.1 Å². The van der Waals surface area contributed by atoms with Gasteiger partial charge in [-0.1, -0.05) is 52.1 Å². The highest BCUT2D eigenvalue weighted by Crippen LogP contribution is 2.40. The van der Waals surface area contributed by atoms with E-state index in [1.807, 2.05) is 0 Å². The molecule has 0 aliphatic carbocycles. The molecule has 1 saturated heterocycles. The lowest BCUT2D eigenvalue weighted by molar-refractivity contribution is -0.168. The van der Waals surface area contributed by atoms with Crippen LogP contribution in [0.4, 0.5) is 0 Å². The molecule has 0 aromatic heterocycles. The Hall–Kier alpha value is -0.330. The van der Waals surface area contributed by atoms with Crippen LogP contribution in [0.15, 0.2) is 18.2 Å². The maximum atomic E-state index is 11.2. The Balaban J connectivity index is 2.11. The first-order valence-electron chi connectivity index (χ1n) is 6.49. The van der Waals surface area contributed by atoms with Gasteiger partial charge in [0, 0.05) is 17.0 Å². The van der Waals surface area contributed by atoms with Gasteiger partial charge in [0.15, 0.2) is 0 Å². The van der Waals surface area contributed by atoms with Gasteiger partial charge in [-0.3, -0.25) is 4.79 Å². The highest BCUT2D eigenvalue weighted by atomic mass is 79.9. The first kappa shape index (κ1) is 17.0. The summed E-state index contributed by atoms with van der Waals surface area (Å²) in [6.07, 6.45) is 0.00462. The van der Waals surface area contributed by atoms with Crippen LogP contribution >= 0.6 is 39.1 Å². The van der Waals surface area contributed by atoms with Gasteiger partial charge in [0.25, 0.3) is 0 Å². The topological polar surface area (TPSA) is 44.8 Å². The molecule has 2 atom stereocenters. The van der Waals surface area contributed by atoms with Gasteiger partial charge in [-0.25, -0.2) is 0 Å².